The quantitative estimate of drug-likeness (QED) is 0.397. The average molecular weight is 425 g/mol. The minimum Gasteiger partial charge on any atom is -0.494 e. The van der Waals surface area contributed by atoms with Crippen molar-refractivity contribution in [2.75, 3.05) is 27.2 Å². The van der Waals surface area contributed by atoms with Gasteiger partial charge in [0.05, 0.1) is 6.61 Å². The molecule has 3 rings (SSSR count). The highest BCUT2D eigenvalue weighted by Gasteiger charge is 2.01. The number of benzene rings is 3. The Bertz CT molecular complexity index is 896. The molecule has 30 heavy (non-hydrogen) atoms. The van der Waals surface area contributed by atoms with Crippen LogP contribution in [-0.2, 0) is 13.1 Å². The summed E-state index contributed by atoms with van der Waals surface area (Å²) in [4.78, 5) is 2.16. The second-order valence-electron chi connectivity index (χ2n) is 7.46. The maximum atomic E-state index is 5.92. The molecule has 0 fully saturated rings. The molecule has 0 heterocycles. The van der Waals surface area contributed by atoms with Crippen LogP contribution in [0.5, 0.6) is 17.2 Å². The van der Waals surface area contributed by atoms with Gasteiger partial charge in [0, 0.05) is 24.7 Å². The topological polar surface area (TPSA) is 33.7 Å². The standard InChI is InChI=1S/C25H29ClN2O2/c1-28(2)15-4-16-29-23-11-7-20(8-12-23)18-27-19-21-5-3-6-25(17-21)30-24-13-9-22(26)10-14-24/h3,5-14,17,27H,4,15-16,18-19H2,1-2H3. The Morgan fingerprint density at radius 2 is 1.50 bits per heavy atom. The van der Waals surface area contributed by atoms with Crippen molar-refractivity contribution in [3.05, 3.63) is 88.9 Å². The number of hydrogen-bond donors (Lipinski definition) is 1. The molecule has 0 aliphatic rings. The first-order valence-corrected chi connectivity index (χ1v) is 10.6. The SMILES string of the molecule is CN(C)CCCOc1ccc(CNCc2cccc(Oc3ccc(Cl)cc3)c2)cc1. The number of nitrogens with zero attached hydrogens (tertiary/aromatic N) is 1. The van der Waals surface area contributed by atoms with Crippen molar-refractivity contribution in [1.29, 1.82) is 0 Å². The zero-order valence-corrected chi connectivity index (χ0v) is 18.4. The smallest absolute Gasteiger partial charge is 0.127 e. The van der Waals surface area contributed by atoms with Crippen molar-refractivity contribution in [3.8, 4) is 17.2 Å². The third-order valence-corrected chi connectivity index (χ3v) is 4.80. The molecular formula is C25H29ClN2O2. The van der Waals surface area contributed by atoms with Gasteiger partial charge in [0.25, 0.3) is 0 Å². The van der Waals surface area contributed by atoms with Crippen molar-refractivity contribution in [2.24, 2.45) is 0 Å². The van der Waals surface area contributed by atoms with E-state index in [0.717, 1.165) is 49.9 Å². The molecule has 3 aromatic rings. The Kier molecular flexibility index (Phi) is 8.57. The molecule has 158 valence electrons. The predicted octanol–water partition coefficient (Wildman–Crippen LogP) is 5.75. The molecule has 0 atom stereocenters. The van der Waals surface area contributed by atoms with Gasteiger partial charge in [0.1, 0.15) is 17.2 Å². The summed E-state index contributed by atoms with van der Waals surface area (Å²) >= 11 is 5.92. The van der Waals surface area contributed by atoms with Gasteiger partial charge < -0.3 is 19.7 Å². The lowest BCUT2D eigenvalue weighted by atomic mass is 10.2. The van der Waals surface area contributed by atoms with Gasteiger partial charge in [-0.1, -0.05) is 35.9 Å². The molecule has 0 amide bonds. The summed E-state index contributed by atoms with van der Waals surface area (Å²) in [6.45, 7) is 3.34. The van der Waals surface area contributed by atoms with Crippen molar-refractivity contribution >= 4 is 11.6 Å². The molecule has 0 unspecified atom stereocenters. The van der Waals surface area contributed by atoms with Gasteiger partial charge in [-0.2, -0.15) is 0 Å². The van der Waals surface area contributed by atoms with Crippen LogP contribution in [0.15, 0.2) is 72.8 Å². The van der Waals surface area contributed by atoms with Crippen LogP contribution in [0.25, 0.3) is 0 Å². The van der Waals surface area contributed by atoms with Crippen LogP contribution in [0.3, 0.4) is 0 Å². The number of halogens is 1. The van der Waals surface area contributed by atoms with E-state index in [-0.39, 0.29) is 0 Å². The summed E-state index contributed by atoms with van der Waals surface area (Å²) in [5.74, 6) is 2.51. The molecule has 0 radical (unpaired) electrons. The fraction of sp³-hybridized carbons (Fsp3) is 0.280. The van der Waals surface area contributed by atoms with Crippen LogP contribution in [0, 0.1) is 0 Å². The van der Waals surface area contributed by atoms with E-state index < -0.39 is 0 Å². The first kappa shape index (κ1) is 22.2. The molecule has 0 saturated carbocycles. The molecule has 0 saturated heterocycles. The number of hydrogen-bond acceptors (Lipinski definition) is 4. The van der Waals surface area contributed by atoms with Crippen LogP contribution in [0.4, 0.5) is 0 Å². The maximum Gasteiger partial charge on any atom is 0.127 e. The summed E-state index contributed by atoms with van der Waals surface area (Å²) in [5.41, 5.74) is 2.39. The molecule has 0 spiro atoms. The Morgan fingerprint density at radius 3 is 2.23 bits per heavy atom. The lowest BCUT2D eigenvalue weighted by Crippen LogP contribution is -2.15. The Balaban J connectivity index is 1.43. The third kappa shape index (κ3) is 7.71. The molecule has 0 aromatic heterocycles. The number of rotatable bonds is 11. The van der Waals surface area contributed by atoms with Crippen LogP contribution in [-0.4, -0.2) is 32.1 Å². The van der Waals surface area contributed by atoms with E-state index in [4.69, 9.17) is 21.1 Å². The van der Waals surface area contributed by atoms with Gasteiger partial charge in [0.2, 0.25) is 0 Å². The molecule has 5 heteroatoms. The van der Waals surface area contributed by atoms with Gasteiger partial charge in [-0.3, -0.25) is 0 Å². The van der Waals surface area contributed by atoms with Crippen molar-refractivity contribution in [1.82, 2.24) is 10.2 Å². The van der Waals surface area contributed by atoms with Gasteiger partial charge in [-0.25, -0.2) is 0 Å². The summed E-state index contributed by atoms with van der Waals surface area (Å²) in [5, 5.41) is 4.18. The fourth-order valence-corrected chi connectivity index (χ4v) is 3.11. The predicted molar refractivity (Wildman–Crippen MR) is 124 cm³/mol. The first-order chi connectivity index (χ1) is 14.6. The van der Waals surface area contributed by atoms with Crippen LogP contribution >= 0.6 is 11.6 Å². The molecule has 0 aliphatic carbocycles. The van der Waals surface area contributed by atoms with Gasteiger partial charge in [-0.05, 0) is 80.2 Å². The van der Waals surface area contributed by atoms with E-state index in [1.54, 1.807) is 0 Å². The highest BCUT2D eigenvalue weighted by atomic mass is 35.5. The highest BCUT2D eigenvalue weighted by molar-refractivity contribution is 6.30. The minimum atomic E-state index is 0.698. The van der Waals surface area contributed by atoms with E-state index in [1.165, 1.54) is 11.1 Å². The first-order valence-electron chi connectivity index (χ1n) is 10.2. The fourth-order valence-electron chi connectivity index (χ4n) is 2.98. The van der Waals surface area contributed by atoms with Crippen molar-refractivity contribution < 1.29 is 9.47 Å². The summed E-state index contributed by atoms with van der Waals surface area (Å²) < 4.78 is 11.7. The van der Waals surface area contributed by atoms with E-state index in [0.29, 0.717) is 5.02 Å². The molecule has 0 aliphatic heterocycles. The monoisotopic (exact) mass is 424 g/mol. The van der Waals surface area contributed by atoms with Gasteiger partial charge >= 0.3 is 0 Å². The second kappa shape index (κ2) is 11.6. The normalized spacial score (nSPS) is 10.9. The lowest BCUT2D eigenvalue weighted by Gasteiger charge is -2.11. The Hall–Kier alpha value is -2.53. The minimum absolute atomic E-state index is 0.698. The maximum absolute atomic E-state index is 5.92. The van der Waals surface area contributed by atoms with Gasteiger partial charge in [-0.15, -0.1) is 0 Å². The average Bonchev–Trinajstić information content (AvgIpc) is 2.74. The third-order valence-electron chi connectivity index (χ3n) is 4.55. The molecule has 3 aromatic carbocycles. The second-order valence-corrected chi connectivity index (χ2v) is 7.89. The number of nitrogens with one attached hydrogen (secondary N) is 1. The van der Waals surface area contributed by atoms with Crippen LogP contribution in [0.2, 0.25) is 5.02 Å². The highest BCUT2D eigenvalue weighted by Crippen LogP contribution is 2.23. The molecule has 1 N–H and O–H groups in total. The van der Waals surface area contributed by atoms with Crippen LogP contribution < -0.4 is 14.8 Å². The lowest BCUT2D eigenvalue weighted by molar-refractivity contribution is 0.281. The summed E-state index contributed by atoms with van der Waals surface area (Å²) in [6, 6.07) is 23.7. The van der Waals surface area contributed by atoms with E-state index >= 15 is 0 Å². The zero-order valence-electron chi connectivity index (χ0n) is 17.6. The van der Waals surface area contributed by atoms with E-state index in [9.17, 15) is 0 Å². The largest absolute Gasteiger partial charge is 0.494 e. The van der Waals surface area contributed by atoms with Gasteiger partial charge in [0.15, 0.2) is 0 Å². The molecular weight excluding hydrogens is 396 g/mol. The summed E-state index contributed by atoms with van der Waals surface area (Å²) in [6.07, 6.45) is 1.02. The van der Waals surface area contributed by atoms with E-state index in [1.807, 2.05) is 54.6 Å². The molecule has 4 nitrogen and oxygen atoms in total. The zero-order chi connectivity index (χ0) is 21.2. The van der Waals surface area contributed by atoms with Crippen molar-refractivity contribution in [2.45, 2.75) is 19.5 Å². The Morgan fingerprint density at radius 1 is 0.800 bits per heavy atom. The molecule has 0 bridgehead atoms. The van der Waals surface area contributed by atoms with Crippen molar-refractivity contribution in [3.63, 3.8) is 0 Å². The van der Waals surface area contributed by atoms with E-state index in [2.05, 4.69) is 42.5 Å². The number of ether oxygens (including phenoxy) is 2. The van der Waals surface area contributed by atoms with Crippen LogP contribution in [0.1, 0.15) is 17.5 Å². The summed E-state index contributed by atoms with van der Waals surface area (Å²) in [7, 11) is 4.15. The Labute approximate surface area is 184 Å².